The maximum atomic E-state index is 11.4. The molecule has 6 nitrogen and oxygen atoms in total. The Balaban J connectivity index is 1.43. The molecule has 2 heterocycles. The second-order valence-electron chi connectivity index (χ2n) is 6.86. The summed E-state index contributed by atoms with van der Waals surface area (Å²) in [4.78, 5) is 16.8. The number of cyclic esters (lactones) is 1. The van der Waals surface area contributed by atoms with E-state index in [1.807, 2.05) is 6.92 Å². The van der Waals surface area contributed by atoms with E-state index in [0.29, 0.717) is 24.4 Å². The van der Waals surface area contributed by atoms with Gasteiger partial charge in [-0.25, -0.2) is 4.79 Å². The van der Waals surface area contributed by atoms with Gasteiger partial charge in [0.25, 0.3) is 0 Å². The van der Waals surface area contributed by atoms with Gasteiger partial charge in [0.1, 0.15) is 12.8 Å². The molecule has 0 radical (unpaired) electrons. The Hall–Kier alpha value is -0.850. The highest BCUT2D eigenvalue weighted by atomic mass is 16.7. The van der Waals surface area contributed by atoms with Gasteiger partial charge in [0.05, 0.1) is 11.7 Å². The third kappa shape index (κ3) is 1.93. The van der Waals surface area contributed by atoms with Gasteiger partial charge in [-0.2, -0.15) is 5.48 Å². The molecule has 112 valence electrons. The quantitative estimate of drug-likeness (QED) is 0.671. The van der Waals surface area contributed by atoms with Gasteiger partial charge in [0.2, 0.25) is 0 Å². The summed E-state index contributed by atoms with van der Waals surface area (Å²) < 4.78 is 5.19. The Morgan fingerprint density at radius 1 is 1.25 bits per heavy atom. The number of alkyl carbamates (subject to hydrolysis) is 1. The van der Waals surface area contributed by atoms with Crippen LogP contribution in [-0.4, -0.2) is 30.6 Å². The third-order valence-corrected chi connectivity index (χ3v) is 5.76. The predicted molar refractivity (Wildman–Crippen MR) is 71.4 cm³/mol. The molecule has 2 saturated carbocycles. The van der Waals surface area contributed by atoms with Crippen LogP contribution in [0.4, 0.5) is 4.79 Å². The zero-order chi connectivity index (χ0) is 13.7. The van der Waals surface area contributed by atoms with Crippen molar-refractivity contribution in [2.45, 2.75) is 57.0 Å². The van der Waals surface area contributed by atoms with Crippen molar-refractivity contribution in [2.75, 3.05) is 6.61 Å². The Morgan fingerprint density at radius 3 is 2.85 bits per heavy atom. The van der Waals surface area contributed by atoms with Gasteiger partial charge < -0.3 is 10.1 Å². The molecular formula is C14H23N3O3. The average Bonchev–Trinajstić information content (AvgIpc) is 3.12. The molecule has 0 aromatic heterocycles. The number of carbonyl (C=O) groups excluding carboxylic acids is 1. The number of rotatable bonds is 1. The lowest BCUT2D eigenvalue weighted by molar-refractivity contribution is 0.0214. The number of amides is 1. The summed E-state index contributed by atoms with van der Waals surface area (Å²) in [5, 5.41) is 6.55. The van der Waals surface area contributed by atoms with E-state index in [-0.39, 0.29) is 24.0 Å². The first kappa shape index (κ1) is 12.9. The number of hydrogen-bond acceptors (Lipinski definition) is 5. The summed E-state index contributed by atoms with van der Waals surface area (Å²) in [6.07, 6.45) is 5.98. The van der Waals surface area contributed by atoms with Gasteiger partial charge in [-0.1, -0.05) is 0 Å². The van der Waals surface area contributed by atoms with Gasteiger partial charge in [-0.3, -0.25) is 10.2 Å². The molecule has 2 saturated heterocycles. The monoisotopic (exact) mass is 281 g/mol. The largest absolute Gasteiger partial charge is 0.447 e. The van der Waals surface area contributed by atoms with E-state index < -0.39 is 0 Å². The van der Waals surface area contributed by atoms with Gasteiger partial charge in [0.15, 0.2) is 0 Å². The van der Waals surface area contributed by atoms with Crippen LogP contribution >= 0.6 is 0 Å². The number of ether oxygens (including phenoxy) is 1. The molecule has 3 N–H and O–H groups in total. The van der Waals surface area contributed by atoms with E-state index in [9.17, 15) is 4.79 Å². The molecule has 4 fully saturated rings. The zero-order valence-corrected chi connectivity index (χ0v) is 11.9. The average molecular weight is 281 g/mol. The lowest BCUT2D eigenvalue weighted by atomic mass is 9.70. The minimum atomic E-state index is -0.228. The van der Waals surface area contributed by atoms with Gasteiger partial charge in [-0.15, -0.1) is 0 Å². The van der Waals surface area contributed by atoms with Crippen molar-refractivity contribution in [3.63, 3.8) is 0 Å². The summed E-state index contributed by atoms with van der Waals surface area (Å²) in [6, 6.07) is 0. The highest BCUT2D eigenvalue weighted by molar-refractivity contribution is 5.71. The molecule has 5 unspecified atom stereocenters. The molecule has 2 aliphatic heterocycles. The van der Waals surface area contributed by atoms with Crippen molar-refractivity contribution in [1.29, 1.82) is 0 Å². The predicted octanol–water partition coefficient (Wildman–Crippen LogP) is 1.09. The fourth-order valence-electron chi connectivity index (χ4n) is 4.81. The SMILES string of the molecule is CC1NC(C2CCC3C(CC[C@@]34COC(=O)N4)C2)NO1. The van der Waals surface area contributed by atoms with Crippen molar-refractivity contribution in [1.82, 2.24) is 16.1 Å². The van der Waals surface area contributed by atoms with Crippen LogP contribution in [-0.2, 0) is 9.57 Å². The maximum absolute atomic E-state index is 11.4. The first-order valence-corrected chi connectivity index (χ1v) is 7.78. The summed E-state index contributed by atoms with van der Waals surface area (Å²) in [5.74, 6) is 1.91. The highest BCUT2D eigenvalue weighted by Crippen LogP contribution is 2.51. The van der Waals surface area contributed by atoms with Crippen LogP contribution in [0.5, 0.6) is 0 Å². The van der Waals surface area contributed by atoms with Crippen LogP contribution in [0.15, 0.2) is 0 Å². The number of hydrogen-bond donors (Lipinski definition) is 3. The Morgan fingerprint density at radius 2 is 2.15 bits per heavy atom. The van der Waals surface area contributed by atoms with Crippen LogP contribution in [0, 0.1) is 17.8 Å². The van der Waals surface area contributed by atoms with Crippen molar-refractivity contribution >= 4 is 6.09 Å². The van der Waals surface area contributed by atoms with Crippen molar-refractivity contribution in [2.24, 2.45) is 17.8 Å². The summed E-state index contributed by atoms with van der Waals surface area (Å²) in [7, 11) is 0. The van der Waals surface area contributed by atoms with E-state index >= 15 is 0 Å². The molecule has 4 aliphatic rings. The second-order valence-corrected chi connectivity index (χ2v) is 6.86. The molecule has 2 aliphatic carbocycles. The van der Waals surface area contributed by atoms with Gasteiger partial charge >= 0.3 is 6.09 Å². The van der Waals surface area contributed by atoms with Crippen LogP contribution in [0.2, 0.25) is 0 Å². The number of carbonyl (C=O) groups is 1. The lowest BCUT2D eigenvalue weighted by Gasteiger charge is -2.39. The molecule has 1 spiro atoms. The minimum Gasteiger partial charge on any atom is -0.447 e. The number of fused-ring (bicyclic) bond motifs is 2. The van der Waals surface area contributed by atoms with E-state index in [4.69, 9.17) is 9.57 Å². The van der Waals surface area contributed by atoms with Crippen molar-refractivity contribution < 1.29 is 14.4 Å². The molecular weight excluding hydrogens is 258 g/mol. The summed E-state index contributed by atoms with van der Waals surface area (Å²) >= 11 is 0. The molecule has 0 aromatic carbocycles. The normalized spacial score (nSPS) is 51.0. The Bertz CT molecular complexity index is 418. The lowest BCUT2D eigenvalue weighted by Crippen LogP contribution is -2.50. The Labute approximate surface area is 118 Å². The maximum Gasteiger partial charge on any atom is 0.407 e. The van der Waals surface area contributed by atoms with E-state index in [0.717, 1.165) is 6.42 Å². The van der Waals surface area contributed by atoms with Crippen LogP contribution in [0.25, 0.3) is 0 Å². The fraction of sp³-hybridized carbons (Fsp3) is 0.929. The third-order valence-electron chi connectivity index (χ3n) is 5.76. The smallest absolute Gasteiger partial charge is 0.407 e. The van der Waals surface area contributed by atoms with Crippen molar-refractivity contribution in [3.05, 3.63) is 0 Å². The molecule has 4 rings (SSSR count). The molecule has 6 heteroatoms. The number of hydroxylamine groups is 1. The van der Waals surface area contributed by atoms with Gasteiger partial charge in [-0.05, 0) is 56.8 Å². The minimum absolute atomic E-state index is 0.0625. The topological polar surface area (TPSA) is 71.6 Å². The van der Waals surface area contributed by atoms with Crippen LogP contribution in [0.1, 0.15) is 39.0 Å². The number of nitrogens with one attached hydrogen (secondary N) is 3. The van der Waals surface area contributed by atoms with E-state index in [1.165, 1.54) is 25.7 Å². The Kier molecular flexibility index (Phi) is 2.94. The zero-order valence-electron chi connectivity index (χ0n) is 11.9. The van der Waals surface area contributed by atoms with E-state index in [1.54, 1.807) is 0 Å². The van der Waals surface area contributed by atoms with Crippen LogP contribution in [0.3, 0.4) is 0 Å². The highest BCUT2D eigenvalue weighted by Gasteiger charge is 2.55. The second kappa shape index (κ2) is 4.58. The first-order valence-electron chi connectivity index (χ1n) is 7.78. The molecule has 0 bridgehead atoms. The standard InChI is InChI=1S/C14H23N3O3/c1-8-15-12(17-20-8)10-2-3-11-9(6-10)4-5-14(11)7-19-13(18)16-14/h8-12,15,17H,2-7H2,1H3,(H,16,18)/t8?,9?,10?,11?,12?,14-/m1/s1. The van der Waals surface area contributed by atoms with Crippen molar-refractivity contribution in [3.8, 4) is 0 Å². The molecule has 6 atom stereocenters. The van der Waals surface area contributed by atoms with E-state index in [2.05, 4.69) is 16.1 Å². The first-order chi connectivity index (χ1) is 9.66. The molecule has 20 heavy (non-hydrogen) atoms. The van der Waals surface area contributed by atoms with Crippen LogP contribution < -0.4 is 16.1 Å². The summed E-state index contributed by atoms with van der Waals surface area (Å²) in [5.41, 5.74) is 3.06. The molecule has 1 amide bonds. The summed E-state index contributed by atoms with van der Waals surface area (Å²) in [6.45, 7) is 2.59. The fourth-order valence-corrected chi connectivity index (χ4v) is 4.81. The molecule has 0 aromatic rings. The van der Waals surface area contributed by atoms with Gasteiger partial charge in [0, 0.05) is 0 Å².